The van der Waals surface area contributed by atoms with Gasteiger partial charge in [-0.25, -0.2) is 0 Å². The highest BCUT2D eigenvalue weighted by molar-refractivity contribution is 4.91. The summed E-state index contributed by atoms with van der Waals surface area (Å²) >= 11 is 0. The Labute approximate surface area is 37.8 Å². The van der Waals surface area contributed by atoms with Crippen molar-refractivity contribution >= 4 is 0 Å². The highest BCUT2D eigenvalue weighted by atomic mass is 14.6. The summed E-state index contributed by atoms with van der Waals surface area (Å²) in [6, 6.07) is 0. The minimum Gasteiger partial charge on any atom is -0.402 e. The molecular formula is C4H10N2. The second-order valence-corrected chi connectivity index (χ2v) is 1.18. The van der Waals surface area contributed by atoms with Gasteiger partial charge in [0.2, 0.25) is 0 Å². The Morgan fingerprint density at radius 3 is 2.33 bits per heavy atom. The van der Waals surface area contributed by atoms with Gasteiger partial charge >= 0.3 is 0 Å². The Morgan fingerprint density at radius 1 is 1.83 bits per heavy atom. The van der Waals surface area contributed by atoms with Crippen molar-refractivity contribution in [3.63, 3.8) is 0 Å². The van der Waals surface area contributed by atoms with Crippen molar-refractivity contribution in [2.75, 3.05) is 6.54 Å². The molecule has 0 rings (SSSR count). The molecule has 4 N–H and O–H groups in total. The highest BCUT2D eigenvalue weighted by Crippen LogP contribution is 1.71. The van der Waals surface area contributed by atoms with E-state index in [1.165, 1.54) is 0 Å². The zero-order valence-electron chi connectivity index (χ0n) is 3.94. The summed E-state index contributed by atoms with van der Waals surface area (Å²) in [4.78, 5) is 0. The third-order valence-corrected chi connectivity index (χ3v) is 0.440. The van der Waals surface area contributed by atoms with Crippen molar-refractivity contribution in [3.05, 3.63) is 11.8 Å². The normalized spacial score (nSPS) is 12.0. The largest absolute Gasteiger partial charge is 0.402 e. The summed E-state index contributed by atoms with van der Waals surface area (Å²) in [6.07, 6.45) is 1.76. The van der Waals surface area contributed by atoms with Crippen molar-refractivity contribution in [2.45, 2.75) is 6.92 Å². The number of hydrogen-bond acceptors (Lipinski definition) is 2. The molecule has 0 aliphatic carbocycles. The van der Waals surface area contributed by atoms with Crippen LogP contribution in [0.15, 0.2) is 11.8 Å². The lowest BCUT2D eigenvalue weighted by Crippen LogP contribution is -1.98. The molecule has 2 heteroatoms. The molecule has 0 amide bonds. The molecule has 36 valence electrons. The van der Waals surface area contributed by atoms with Crippen molar-refractivity contribution < 1.29 is 0 Å². The quantitative estimate of drug-likeness (QED) is 0.464. The summed E-state index contributed by atoms with van der Waals surface area (Å²) in [5, 5.41) is 0. The van der Waals surface area contributed by atoms with Gasteiger partial charge in [0.05, 0.1) is 0 Å². The molecule has 0 aliphatic rings. The van der Waals surface area contributed by atoms with Gasteiger partial charge in [-0.3, -0.25) is 0 Å². The first-order valence-corrected chi connectivity index (χ1v) is 1.89. The summed E-state index contributed by atoms with van der Waals surface area (Å²) in [5.74, 6) is 0. The summed E-state index contributed by atoms with van der Waals surface area (Å²) in [5.41, 5.74) is 11.0. The van der Waals surface area contributed by atoms with Gasteiger partial charge in [0.25, 0.3) is 0 Å². The fourth-order valence-electron chi connectivity index (χ4n) is 0.186. The van der Waals surface area contributed by atoms with E-state index >= 15 is 0 Å². The van der Waals surface area contributed by atoms with Crippen LogP contribution in [0.1, 0.15) is 6.92 Å². The fourth-order valence-corrected chi connectivity index (χ4v) is 0.186. The van der Waals surface area contributed by atoms with Gasteiger partial charge < -0.3 is 11.5 Å². The molecule has 0 unspecified atom stereocenters. The molecular weight excluding hydrogens is 76.1 g/mol. The Bertz CT molecular complexity index is 52.6. The van der Waals surface area contributed by atoms with E-state index in [2.05, 4.69) is 0 Å². The van der Waals surface area contributed by atoms with Gasteiger partial charge in [-0.05, 0) is 6.92 Å². The minimum absolute atomic E-state index is 0.544. The number of allylic oxidation sites excluding steroid dienone is 1. The molecule has 6 heavy (non-hydrogen) atoms. The Hall–Kier alpha value is -0.500. The molecule has 0 fully saturated rings. The number of hydrogen-bond donors (Lipinski definition) is 2. The van der Waals surface area contributed by atoms with Crippen LogP contribution in [0.2, 0.25) is 0 Å². The van der Waals surface area contributed by atoms with E-state index in [9.17, 15) is 0 Å². The molecule has 0 heterocycles. The van der Waals surface area contributed by atoms with Crippen molar-refractivity contribution in [2.24, 2.45) is 11.5 Å². The van der Waals surface area contributed by atoms with Crippen LogP contribution >= 0.6 is 0 Å². The lowest BCUT2D eigenvalue weighted by atomic mass is 10.5. The van der Waals surface area contributed by atoms with Crippen LogP contribution in [0.25, 0.3) is 0 Å². The molecule has 2 nitrogen and oxygen atoms in total. The summed E-state index contributed by atoms with van der Waals surface area (Å²) in [6.45, 7) is 2.36. The van der Waals surface area contributed by atoms with Gasteiger partial charge in [0.1, 0.15) is 0 Å². The first-order chi connectivity index (χ1) is 2.77. The predicted octanol–water partition coefficient (Wildman–Crippen LogP) is -0.192. The second kappa shape index (κ2) is 2.72. The molecule has 0 radical (unpaired) electrons. The van der Waals surface area contributed by atoms with Crippen LogP contribution < -0.4 is 11.5 Å². The molecule has 0 saturated heterocycles. The van der Waals surface area contributed by atoms with Crippen molar-refractivity contribution in [3.8, 4) is 0 Å². The van der Waals surface area contributed by atoms with E-state index in [-0.39, 0.29) is 0 Å². The second-order valence-electron chi connectivity index (χ2n) is 1.18. The highest BCUT2D eigenvalue weighted by Gasteiger charge is 1.67. The average molecular weight is 86.1 g/mol. The third kappa shape index (κ3) is 3.50. The Kier molecular flexibility index (Phi) is 2.50. The SMILES string of the molecule is CC(N)=CCN. The van der Waals surface area contributed by atoms with Gasteiger partial charge in [-0.15, -0.1) is 0 Å². The number of nitrogens with two attached hydrogens (primary N) is 2. The standard InChI is InChI=1S/C4H10N2/c1-4(6)2-3-5/h2H,3,5-6H2,1H3. The monoisotopic (exact) mass is 86.1 g/mol. The molecule has 0 aromatic rings. The molecule has 0 aromatic carbocycles. The van der Waals surface area contributed by atoms with E-state index < -0.39 is 0 Å². The van der Waals surface area contributed by atoms with Crippen LogP contribution in [-0.4, -0.2) is 6.54 Å². The summed E-state index contributed by atoms with van der Waals surface area (Å²) in [7, 11) is 0. The van der Waals surface area contributed by atoms with Gasteiger partial charge in [0.15, 0.2) is 0 Å². The average Bonchev–Trinajstić information content (AvgIpc) is 1.35. The first-order valence-electron chi connectivity index (χ1n) is 1.89. The van der Waals surface area contributed by atoms with Crippen LogP contribution in [0.3, 0.4) is 0 Å². The molecule has 0 aromatic heterocycles. The maximum Gasteiger partial charge on any atom is 0.0126 e. The van der Waals surface area contributed by atoms with E-state index in [4.69, 9.17) is 11.5 Å². The molecule has 0 aliphatic heterocycles. The lowest BCUT2D eigenvalue weighted by molar-refractivity contribution is 1.18. The maximum absolute atomic E-state index is 5.18. The molecule has 0 atom stereocenters. The van der Waals surface area contributed by atoms with Crippen LogP contribution in [-0.2, 0) is 0 Å². The first kappa shape index (κ1) is 5.50. The van der Waals surface area contributed by atoms with Crippen LogP contribution in [0.4, 0.5) is 0 Å². The van der Waals surface area contributed by atoms with E-state index in [0.717, 1.165) is 5.70 Å². The van der Waals surface area contributed by atoms with E-state index in [1.54, 1.807) is 6.08 Å². The maximum atomic E-state index is 5.18. The Morgan fingerprint density at radius 2 is 2.33 bits per heavy atom. The Balaban J connectivity index is 3.14. The lowest BCUT2D eigenvalue weighted by Gasteiger charge is -1.82. The van der Waals surface area contributed by atoms with Crippen molar-refractivity contribution in [1.29, 1.82) is 0 Å². The van der Waals surface area contributed by atoms with Crippen LogP contribution in [0, 0.1) is 0 Å². The predicted molar refractivity (Wildman–Crippen MR) is 27.0 cm³/mol. The van der Waals surface area contributed by atoms with E-state index in [1.807, 2.05) is 6.92 Å². The minimum atomic E-state index is 0.544. The van der Waals surface area contributed by atoms with E-state index in [0.29, 0.717) is 6.54 Å². The van der Waals surface area contributed by atoms with Crippen molar-refractivity contribution in [1.82, 2.24) is 0 Å². The van der Waals surface area contributed by atoms with Gasteiger partial charge in [-0.1, -0.05) is 6.08 Å². The third-order valence-electron chi connectivity index (χ3n) is 0.440. The van der Waals surface area contributed by atoms with Gasteiger partial charge in [-0.2, -0.15) is 0 Å². The van der Waals surface area contributed by atoms with Gasteiger partial charge in [0, 0.05) is 12.2 Å². The fraction of sp³-hybridized carbons (Fsp3) is 0.500. The van der Waals surface area contributed by atoms with Crippen LogP contribution in [0.5, 0.6) is 0 Å². The zero-order chi connectivity index (χ0) is 4.99. The smallest absolute Gasteiger partial charge is 0.0126 e. The number of rotatable bonds is 1. The zero-order valence-corrected chi connectivity index (χ0v) is 3.94. The summed E-state index contributed by atoms with van der Waals surface area (Å²) < 4.78 is 0. The topological polar surface area (TPSA) is 52.0 Å². The molecule has 0 spiro atoms. The molecule has 0 bridgehead atoms. The molecule has 0 saturated carbocycles.